The van der Waals surface area contributed by atoms with Gasteiger partial charge in [0.25, 0.3) is 5.91 Å². The number of hydrogen-bond acceptors (Lipinski definition) is 4. The first kappa shape index (κ1) is 24.3. The van der Waals surface area contributed by atoms with Crippen LogP contribution in [0.4, 0.5) is 0 Å². The molecule has 186 valence electrons. The number of halogens is 1. The summed E-state index contributed by atoms with van der Waals surface area (Å²) in [6, 6.07) is 11.8. The van der Waals surface area contributed by atoms with Crippen molar-refractivity contribution in [3.63, 3.8) is 0 Å². The molecule has 1 saturated heterocycles. The molecule has 0 spiro atoms. The summed E-state index contributed by atoms with van der Waals surface area (Å²) in [5.74, 6) is 0.979. The SMILES string of the molecule is C=CC(=O)N1CC(CC(=O)Cn2cc(C(=O)N3CCc4c(cccc4OC)C3)c3cc(Br)ccc32)C1. The van der Waals surface area contributed by atoms with Crippen LogP contribution in [-0.4, -0.2) is 58.7 Å². The van der Waals surface area contributed by atoms with Gasteiger partial charge in [0.1, 0.15) is 5.75 Å². The molecule has 1 aromatic heterocycles. The van der Waals surface area contributed by atoms with Gasteiger partial charge < -0.3 is 19.1 Å². The first-order valence-electron chi connectivity index (χ1n) is 12.0. The molecular weight excluding hydrogens is 522 g/mol. The molecule has 2 aliphatic rings. The summed E-state index contributed by atoms with van der Waals surface area (Å²) >= 11 is 3.53. The summed E-state index contributed by atoms with van der Waals surface area (Å²) in [7, 11) is 1.67. The lowest BCUT2D eigenvalue weighted by Crippen LogP contribution is -2.50. The minimum atomic E-state index is -0.0948. The normalized spacial score (nSPS) is 15.4. The van der Waals surface area contributed by atoms with Gasteiger partial charge >= 0.3 is 0 Å². The number of ketones is 1. The second kappa shape index (κ2) is 9.93. The summed E-state index contributed by atoms with van der Waals surface area (Å²) in [6.45, 7) is 5.99. The zero-order chi connectivity index (χ0) is 25.4. The standard InChI is InChI=1S/C28H28BrN3O4/c1-3-27(34)32-13-18(14-32)11-21(33)16-31-17-24(23-12-20(29)7-8-25(23)31)28(35)30-10-9-22-19(15-30)5-4-6-26(22)36-2/h3-8,12,17-18H,1,9-11,13-16H2,2H3. The third kappa shape index (κ3) is 4.57. The van der Waals surface area contributed by atoms with Crippen molar-refractivity contribution < 1.29 is 19.1 Å². The number of nitrogens with zero attached hydrogens (tertiary/aromatic N) is 3. The van der Waals surface area contributed by atoms with Crippen LogP contribution in [0.1, 0.15) is 27.9 Å². The Hall–Kier alpha value is -3.39. The van der Waals surface area contributed by atoms with Crippen LogP contribution in [0, 0.1) is 5.92 Å². The van der Waals surface area contributed by atoms with Gasteiger partial charge in [0.05, 0.1) is 19.2 Å². The predicted molar refractivity (Wildman–Crippen MR) is 141 cm³/mol. The summed E-state index contributed by atoms with van der Waals surface area (Å²) in [5, 5.41) is 0.824. The van der Waals surface area contributed by atoms with E-state index in [1.165, 1.54) is 6.08 Å². The van der Waals surface area contributed by atoms with Gasteiger partial charge in [0, 0.05) is 65.7 Å². The van der Waals surface area contributed by atoms with Crippen LogP contribution >= 0.6 is 15.9 Å². The number of aromatic nitrogens is 1. The largest absolute Gasteiger partial charge is 0.496 e. The summed E-state index contributed by atoms with van der Waals surface area (Å²) in [4.78, 5) is 41.8. The Balaban J connectivity index is 1.35. The van der Waals surface area contributed by atoms with E-state index in [1.54, 1.807) is 12.0 Å². The second-order valence-electron chi connectivity index (χ2n) is 9.46. The molecule has 0 unspecified atom stereocenters. The number of benzene rings is 2. The van der Waals surface area contributed by atoms with E-state index in [0.717, 1.165) is 38.7 Å². The first-order valence-corrected chi connectivity index (χ1v) is 12.8. The fourth-order valence-corrected chi connectivity index (χ4v) is 5.63. The number of likely N-dealkylation sites (tertiary alicyclic amines) is 1. The molecule has 2 aromatic carbocycles. The lowest BCUT2D eigenvalue weighted by atomic mass is 9.94. The van der Waals surface area contributed by atoms with Crippen LogP contribution in [0.5, 0.6) is 5.75 Å². The molecule has 0 radical (unpaired) electrons. The van der Waals surface area contributed by atoms with Crippen molar-refractivity contribution in [3.8, 4) is 5.75 Å². The van der Waals surface area contributed by atoms with Crippen LogP contribution in [0.25, 0.3) is 10.9 Å². The van der Waals surface area contributed by atoms with Gasteiger partial charge in [-0.1, -0.05) is 34.6 Å². The highest BCUT2D eigenvalue weighted by molar-refractivity contribution is 9.10. The van der Waals surface area contributed by atoms with Crippen molar-refractivity contribution in [1.82, 2.24) is 14.4 Å². The van der Waals surface area contributed by atoms with Crippen molar-refractivity contribution in [2.45, 2.75) is 25.9 Å². The fraction of sp³-hybridized carbons (Fsp3) is 0.321. The van der Waals surface area contributed by atoms with Gasteiger partial charge in [0.15, 0.2) is 5.78 Å². The zero-order valence-corrected chi connectivity index (χ0v) is 21.8. The predicted octanol–water partition coefficient (Wildman–Crippen LogP) is 4.21. The molecule has 0 aliphatic carbocycles. The van der Waals surface area contributed by atoms with Gasteiger partial charge in [0.2, 0.25) is 5.91 Å². The Kier molecular flexibility index (Phi) is 6.71. The van der Waals surface area contributed by atoms with Crippen molar-refractivity contribution in [2.24, 2.45) is 5.92 Å². The van der Waals surface area contributed by atoms with Gasteiger partial charge in [-0.25, -0.2) is 0 Å². The van der Waals surface area contributed by atoms with E-state index in [0.29, 0.717) is 38.2 Å². The maximum absolute atomic E-state index is 13.7. The number of hydrogen-bond donors (Lipinski definition) is 0. The Labute approximate surface area is 218 Å². The summed E-state index contributed by atoms with van der Waals surface area (Å²) < 4.78 is 8.26. The molecule has 3 aromatic rings. The minimum absolute atomic E-state index is 0.0460. The number of amides is 2. The van der Waals surface area contributed by atoms with Crippen LogP contribution in [0.15, 0.2) is 59.7 Å². The number of ether oxygens (including phenoxy) is 1. The first-order chi connectivity index (χ1) is 17.4. The van der Waals surface area contributed by atoms with E-state index < -0.39 is 0 Å². The monoisotopic (exact) mass is 549 g/mol. The molecule has 2 amide bonds. The molecule has 36 heavy (non-hydrogen) atoms. The Morgan fingerprint density at radius 2 is 1.97 bits per heavy atom. The van der Waals surface area contributed by atoms with E-state index in [2.05, 4.69) is 22.5 Å². The molecule has 1 fully saturated rings. The topological polar surface area (TPSA) is 71.9 Å². The lowest BCUT2D eigenvalue weighted by molar-refractivity contribution is -0.134. The van der Waals surface area contributed by atoms with Gasteiger partial charge in [-0.15, -0.1) is 0 Å². The molecule has 5 rings (SSSR count). The smallest absolute Gasteiger partial charge is 0.256 e. The number of fused-ring (bicyclic) bond motifs is 2. The van der Waals surface area contributed by atoms with Crippen molar-refractivity contribution in [1.29, 1.82) is 0 Å². The third-order valence-corrected chi connectivity index (χ3v) is 7.60. The molecule has 3 heterocycles. The van der Waals surface area contributed by atoms with Crippen LogP contribution < -0.4 is 4.74 Å². The van der Waals surface area contributed by atoms with Gasteiger partial charge in [-0.2, -0.15) is 0 Å². The second-order valence-corrected chi connectivity index (χ2v) is 10.4. The molecule has 0 N–H and O–H groups in total. The van der Waals surface area contributed by atoms with E-state index in [4.69, 9.17) is 4.74 Å². The van der Waals surface area contributed by atoms with Crippen LogP contribution in [0.2, 0.25) is 0 Å². The van der Waals surface area contributed by atoms with Crippen molar-refractivity contribution in [2.75, 3.05) is 26.7 Å². The molecule has 2 aliphatic heterocycles. The van der Waals surface area contributed by atoms with Crippen LogP contribution in [-0.2, 0) is 29.1 Å². The van der Waals surface area contributed by atoms with Crippen LogP contribution in [0.3, 0.4) is 0 Å². The average molecular weight is 550 g/mol. The number of carbonyl (C=O) groups is 3. The van der Waals surface area contributed by atoms with E-state index in [-0.39, 0.29) is 30.1 Å². The summed E-state index contributed by atoms with van der Waals surface area (Å²) in [5.41, 5.74) is 3.70. The highest BCUT2D eigenvalue weighted by Crippen LogP contribution is 2.31. The molecule has 7 nitrogen and oxygen atoms in total. The number of Topliss-reactive ketones (excluding diaryl/α,β-unsaturated/α-hetero) is 1. The molecule has 0 atom stereocenters. The van der Waals surface area contributed by atoms with Crippen molar-refractivity contribution in [3.05, 3.63) is 76.4 Å². The Bertz CT molecular complexity index is 1370. The zero-order valence-electron chi connectivity index (χ0n) is 20.2. The number of carbonyl (C=O) groups excluding carboxylic acids is 3. The maximum Gasteiger partial charge on any atom is 0.256 e. The highest BCUT2D eigenvalue weighted by atomic mass is 79.9. The average Bonchev–Trinajstić information content (AvgIpc) is 3.21. The highest BCUT2D eigenvalue weighted by Gasteiger charge is 2.31. The van der Waals surface area contributed by atoms with Gasteiger partial charge in [-0.3, -0.25) is 14.4 Å². The Morgan fingerprint density at radius 1 is 1.17 bits per heavy atom. The maximum atomic E-state index is 13.7. The quantitative estimate of drug-likeness (QED) is 0.414. The summed E-state index contributed by atoms with van der Waals surface area (Å²) in [6.07, 6.45) is 4.26. The van der Waals surface area contributed by atoms with Gasteiger partial charge in [-0.05, 0) is 42.3 Å². The molecule has 0 bridgehead atoms. The minimum Gasteiger partial charge on any atom is -0.496 e. The van der Waals surface area contributed by atoms with Crippen molar-refractivity contribution >= 4 is 44.4 Å². The Morgan fingerprint density at radius 3 is 2.72 bits per heavy atom. The lowest BCUT2D eigenvalue weighted by Gasteiger charge is -2.38. The molecular formula is C28H28BrN3O4. The molecule has 0 saturated carbocycles. The van der Waals surface area contributed by atoms with E-state index >= 15 is 0 Å². The number of methoxy groups -OCH3 is 1. The van der Waals surface area contributed by atoms with E-state index in [9.17, 15) is 14.4 Å². The fourth-order valence-electron chi connectivity index (χ4n) is 5.26. The number of rotatable bonds is 7. The van der Waals surface area contributed by atoms with E-state index in [1.807, 2.05) is 52.1 Å². The molecule has 8 heteroatoms. The third-order valence-electron chi connectivity index (χ3n) is 7.11.